The van der Waals surface area contributed by atoms with Crippen molar-refractivity contribution in [2.45, 2.75) is 19.5 Å². The number of halogens is 1. The summed E-state index contributed by atoms with van der Waals surface area (Å²) in [7, 11) is 3.13. The van der Waals surface area contributed by atoms with E-state index in [0.717, 1.165) is 11.1 Å². The van der Waals surface area contributed by atoms with Crippen molar-refractivity contribution in [1.29, 1.82) is 0 Å². The summed E-state index contributed by atoms with van der Waals surface area (Å²) in [5.41, 5.74) is 1.84. The Morgan fingerprint density at radius 2 is 1.80 bits per heavy atom. The molecular weight excluding hydrogens is 404 g/mol. The number of carbonyl (C=O) groups excluding carboxylic acids is 1. The van der Waals surface area contributed by atoms with Gasteiger partial charge in [0.2, 0.25) is 0 Å². The molecule has 2 aromatic carbocycles. The quantitative estimate of drug-likeness (QED) is 0.618. The highest BCUT2D eigenvalue weighted by molar-refractivity contribution is 6.31. The summed E-state index contributed by atoms with van der Waals surface area (Å²) >= 11 is 6.20. The fourth-order valence-electron chi connectivity index (χ4n) is 3.08. The Hall–Kier alpha value is -3.25. The van der Waals surface area contributed by atoms with Gasteiger partial charge < -0.3 is 19.4 Å². The number of benzene rings is 2. The summed E-state index contributed by atoms with van der Waals surface area (Å²) in [5, 5.41) is 3.52. The summed E-state index contributed by atoms with van der Waals surface area (Å²) in [6.45, 7) is 2.16. The molecule has 0 radical (unpaired) electrons. The van der Waals surface area contributed by atoms with Crippen LogP contribution in [0.25, 0.3) is 0 Å². The summed E-state index contributed by atoms with van der Waals surface area (Å²) < 4.78 is 12.0. The smallest absolute Gasteiger partial charge is 0.253 e. The minimum Gasteiger partial charge on any atom is -0.493 e. The zero-order valence-electron chi connectivity index (χ0n) is 17.0. The molecule has 1 unspecified atom stereocenters. The van der Waals surface area contributed by atoms with Gasteiger partial charge in [-0.05, 0) is 42.3 Å². The molecule has 0 fully saturated rings. The lowest BCUT2D eigenvalue weighted by Crippen LogP contribution is -2.29. The van der Waals surface area contributed by atoms with E-state index in [0.29, 0.717) is 22.1 Å². The van der Waals surface area contributed by atoms with E-state index < -0.39 is 0 Å². The SMILES string of the molecule is COc1ccc(C(C)NC(=O)c2ccc(=O)n(Cc3ccccc3Cl)c2)cc1OC. The number of ether oxygens (including phenoxy) is 2. The largest absolute Gasteiger partial charge is 0.493 e. The molecule has 0 aliphatic rings. The zero-order valence-corrected chi connectivity index (χ0v) is 17.8. The van der Waals surface area contributed by atoms with Crippen LogP contribution in [0.1, 0.15) is 34.5 Å². The van der Waals surface area contributed by atoms with Crippen molar-refractivity contribution < 1.29 is 14.3 Å². The van der Waals surface area contributed by atoms with Gasteiger partial charge in [0, 0.05) is 17.3 Å². The molecule has 1 amide bonds. The third-order valence-corrected chi connectivity index (χ3v) is 5.17. The second-order valence-corrected chi connectivity index (χ2v) is 7.19. The van der Waals surface area contributed by atoms with Gasteiger partial charge in [-0.3, -0.25) is 9.59 Å². The standard InChI is InChI=1S/C23H23ClN2O4/c1-15(16-8-10-20(29-2)21(12-16)30-3)25-23(28)18-9-11-22(27)26(14-18)13-17-6-4-5-7-19(17)24/h4-12,14-15H,13H2,1-3H3,(H,25,28). The maximum absolute atomic E-state index is 12.8. The molecule has 0 bridgehead atoms. The topological polar surface area (TPSA) is 69.6 Å². The minimum atomic E-state index is -0.287. The van der Waals surface area contributed by atoms with Gasteiger partial charge in [-0.1, -0.05) is 35.9 Å². The predicted molar refractivity (Wildman–Crippen MR) is 117 cm³/mol. The first-order valence-electron chi connectivity index (χ1n) is 9.39. The maximum atomic E-state index is 12.8. The van der Waals surface area contributed by atoms with Gasteiger partial charge in [0.25, 0.3) is 11.5 Å². The van der Waals surface area contributed by atoms with Gasteiger partial charge in [0.05, 0.1) is 32.4 Å². The van der Waals surface area contributed by atoms with Crippen molar-refractivity contribution in [1.82, 2.24) is 9.88 Å². The molecule has 0 aliphatic carbocycles. The van der Waals surface area contributed by atoms with E-state index in [4.69, 9.17) is 21.1 Å². The second-order valence-electron chi connectivity index (χ2n) is 6.78. The number of methoxy groups -OCH3 is 2. The van der Waals surface area contributed by atoms with Gasteiger partial charge in [-0.15, -0.1) is 0 Å². The number of amides is 1. The van der Waals surface area contributed by atoms with Crippen LogP contribution in [0.4, 0.5) is 0 Å². The number of hydrogen-bond donors (Lipinski definition) is 1. The summed E-state index contributed by atoms with van der Waals surface area (Å²) in [4.78, 5) is 25.0. The Morgan fingerprint density at radius 1 is 1.07 bits per heavy atom. The highest BCUT2D eigenvalue weighted by Gasteiger charge is 2.15. The highest BCUT2D eigenvalue weighted by Crippen LogP contribution is 2.30. The van der Waals surface area contributed by atoms with E-state index in [-0.39, 0.29) is 24.1 Å². The molecular formula is C23H23ClN2O4. The fourth-order valence-corrected chi connectivity index (χ4v) is 3.28. The molecule has 0 saturated heterocycles. The second kappa shape index (κ2) is 9.50. The van der Waals surface area contributed by atoms with Crippen LogP contribution in [0, 0.1) is 0 Å². The van der Waals surface area contributed by atoms with Crippen LogP contribution in [-0.2, 0) is 6.54 Å². The number of nitrogens with zero attached hydrogens (tertiary/aromatic N) is 1. The molecule has 156 valence electrons. The zero-order chi connectivity index (χ0) is 21.7. The molecule has 1 aromatic heterocycles. The first kappa shape index (κ1) is 21.5. The van der Waals surface area contributed by atoms with Crippen molar-refractivity contribution in [2.24, 2.45) is 0 Å². The van der Waals surface area contributed by atoms with E-state index in [1.807, 2.05) is 37.3 Å². The summed E-state index contributed by atoms with van der Waals surface area (Å²) in [6.07, 6.45) is 1.54. The molecule has 0 aliphatic heterocycles. The minimum absolute atomic E-state index is 0.209. The number of carbonyl (C=O) groups is 1. The fraction of sp³-hybridized carbons (Fsp3) is 0.217. The first-order valence-corrected chi connectivity index (χ1v) is 9.77. The van der Waals surface area contributed by atoms with E-state index in [2.05, 4.69) is 5.32 Å². The number of aromatic nitrogens is 1. The molecule has 3 rings (SSSR count). The van der Waals surface area contributed by atoms with Gasteiger partial charge in [0.15, 0.2) is 11.5 Å². The summed E-state index contributed by atoms with van der Waals surface area (Å²) in [6, 6.07) is 15.4. The monoisotopic (exact) mass is 426 g/mol. The van der Waals surface area contributed by atoms with E-state index >= 15 is 0 Å². The Labute approximate surface area is 180 Å². The lowest BCUT2D eigenvalue weighted by molar-refractivity contribution is 0.0939. The van der Waals surface area contributed by atoms with Gasteiger partial charge >= 0.3 is 0 Å². The van der Waals surface area contributed by atoms with Crippen LogP contribution in [0.3, 0.4) is 0 Å². The number of rotatable bonds is 7. The molecule has 1 heterocycles. The van der Waals surface area contributed by atoms with Crippen LogP contribution in [-0.4, -0.2) is 24.7 Å². The van der Waals surface area contributed by atoms with Crippen molar-refractivity contribution in [2.75, 3.05) is 14.2 Å². The molecule has 3 aromatic rings. The van der Waals surface area contributed by atoms with Gasteiger partial charge in [-0.2, -0.15) is 0 Å². The maximum Gasteiger partial charge on any atom is 0.253 e. The predicted octanol–water partition coefficient (Wildman–Crippen LogP) is 4.06. The average Bonchev–Trinajstić information content (AvgIpc) is 2.76. The molecule has 6 nitrogen and oxygen atoms in total. The number of nitrogens with one attached hydrogen (secondary N) is 1. The number of pyridine rings is 1. The van der Waals surface area contributed by atoms with E-state index in [1.54, 1.807) is 32.5 Å². The van der Waals surface area contributed by atoms with E-state index in [9.17, 15) is 9.59 Å². The Balaban J connectivity index is 1.78. The molecule has 0 saturated carbocycles. The number of hydrogen-bond acceptors (Lipinski definition) is 4. The first-order chi connectivity index (χ1) is 14.4. The van der Waals surface area contributed by atoms with Crippen molar-refractivity contribution in [3.05, 3.63) is 92.9 Å². The van der Waals surface area contributed by atoms with Gasteiger partial charge in [0.1, 0.15) is 0 Å². The Kier molecular flexibility index (Phi) is 6.79. The lowest BCUT2D eigenvalue weighted by Gasteiger charge is -2.17. The Bertz CT molecular complexity index is 1110. The summed E-state index contributed by atoms with van der Waals surface area (Å²) in [5.74, 6) is 0.918. The van der Waals surface area contributed by atoms with Crippen LogP contribution in [0.15, 0.2) is 65.6 Å². The average molecular weight is 427 g/mol. The van der Waals surface area contributed by atoms with Crippen LogP contribution >= 0.6 is 11.6 Å². The third kappa shape index (κ3) is 4.83. The molecule has 7 heteroatoms. The van der Waals surface area contributed by atoms with Crippen molar-refractivity contribution in [3.63, 3.8) is 0 Å². The third-order valence-electron chi connectivity index (χ3n) is 4.80. The Morgan fingerprint density at radius 3 is 2.50 bits per heavy atom. The molecule has 1 atom stereocenters. The molecule has 1 N–H and O–H groups in total. The molecule has 0 spiro atoms. The van der Waals surface area contributed by atoms with Gasteiger partial charge in [-0.25, -0.2) is 0 Å². The van der Waals surface area contributed by atoms with Crippen LogP contribution in [0.2, 0.25) is 5.02 Å². The van der Waals surface area contributed by atoms with Crippen molar-refractivity contribution in [3.8, 4) is 11.5 Å². The van der Waals surface area contributed by atoms with Crippen molar-refractivity contribution >= 4 is 17.5 Å². The van der Waals surface area contributed by atoms with Crippen LogP contribution in [0.5, 0.6) is 11.5 Å². The molecule has 30 heavy (non-hydrogen) atoms. The van der Waals surface area contributed by atoms with Crippen LogP contribution < -0.4 is 20.3 Å². The van der Waals surface area contributed by atoms with E-state index in [1.165, 1.54) is 16.7 Å². The highest BCUT2D eigenvalue weighted by atomic mass is 35.5. The lowest BCUT2D eigenvalue weighted by atomic mass is 10.1. The normalized spacial score (nSPS) is 11.6.